The number of rotatable bonds is 2. The van der Waals surface area contributed by atoms with E-state index in [4.69, 9.17) is 5.11 Å². The first-order chi connectivity index (χ1) is 7.13. The van der Waals surface area contributed by atoms with Gasteiger partial charge in [0, 0.05) is 0 Å². The van der Waals surface area contributed by atoms with E-state index in [0.717, 1.165) is 12.8 Å². The van der Waals surface area contributed by atoms with Crippen LogP contribution in [0, 0.1) is 0 Å². The van der Waals surface area contributed by atoms with Gasteiger partial charge in [0.2, 0.25) is 0 Å². The van der Waals surface area contributed by atoms with Crippen molar-refractivity contribution in [1.82, 2.24) is 10.2 Å². The Balaban J connectivity index is 2.29. The highest BCUT2D eigenvalue weighted by atomic mass is 32.2. The predicted octanol–water partition coefficient (Wildman–Crippen LogP) is 0.542. The molecule has 0 aromatic carbocycles. The minimum Gasteiger partial charge on any atom is -0.390 e. The van der Waals surface area contributed by atoms with Crippen LogP contribution in [0.2, 0.25) is 0 Å². The molecule has 2 heterocycles. The quantitative estimate of drug-likeness (QED) is 0.776. The summed E-state index contributed by atoms with van der Waals surface area (Å²) < 4.78 is 23.5. The fourth-order valence-electron chi connectivity index (χ4n) is 1.91. The number of aliphatic hydroxyl groups is 1. The molecular weight excluding hydrogens is 216 g/mol. The first kappa shape index (κ1) is 10.6. The summed E-state index contributed by atoms with van der Waals surface area (Å²) in [5.41, 5.74) is 1.10. The van der Waals surface area contributed by atoms with Crippen LogP contribution < -0.4 is 0 Å². The van der Waals surface area contributed by atoms with E-state index in [9.17, 15) is 8.42 Å². The number of aromatic nitrogens is 2. The first-order valence-corrected chi connectivity index (χ1v) is 6.71. The molecule has 0 bridgehead atoms. The minimum absolute atomic E-state index is 0.139. The lowest BCUT2D eigenvalue weighted by molar-refractivity contribution is 0.276. The summed E-state index contributed by atoms with van der Waals surface area (Å²) in [5.74, 6) is 0.249. The summed E-state index contributed by atoms with van der Waals surface area (Å²) in [5, 5.41) is 14.9. The maximum absolute atomic E-state index is 11.8. The van der Waals surface area contributed by atoms with E-state index in [-0.39, 0.29) is 12.4 Å². The summed E-state index contributed by atoms with van der Waals surface area (Å²) in [6.07, 6.45) is 2.30. The molecule has 15 heavy (non-hydrogen) atoms. The van der Waals surface area contributed by atoms with Gasteiger partial charge in [-0.05, 0) is 18.9 Å². The average Bonchev–Trinajstić information content (AvgIpc) is 2.65. The number of sulfone groups is 1. The fourth-order valence-corrected chi connectivity index (χ4v) is 3.82. The molecule has 0 radical (unpaired) electrons. The van der Waals surface area contributed by atoms with Crippen molar-refractivity contribution in [3.05, 3.63) is 17.5 Å². The zero-order valence-electron chi connectivity index (χ0n) is 8.31. The molecule has 1 aromatic heterocycles. The standard InChI is InChI=1S/C9H14N2O3S/c12-6-7-5-8(11-10-7)9-3-1-2-4-15(9,13)14/h5,9,12H,1-4,6H2,(H,10,11). The fraction of sp³-hybridized carbons (Fsp3) is 0.667. The van der Waals surface area contributed by atoms with Gasteiger partial charge in [0.1, 0.15) is 5.25 Å². The van der Waals surface area contributed by atoms with Crippen LogP contribution in [-0.2, 0) is 16.4 Å². The van der Waals surface area contributed by atoms with Crippen molar-refractivity contribution in [2.75, 3.05) is 5.75 Å². The van der Waals surface area contributed by atoms with Crippen LogP contribution in [0.3, 0.4) is 0 Å². The number of H-pyrrole nitrogens is 1. The third-order valence-electron chi connectivity index (χ3n) is 2.73. The third-order valence-corrected chi connectivity index (χ3v) is 4.93. The van der Waals surface area contributed by atoms with Crippen molar-refractivity contribution in [3.63, 3.8) is 0 Å². The van der Waals surface area contributed by atoms with E-state index >= 15 is 0 Å². The van der Waals surface area contributed by atoms with Crippen LogP contribution in [0.5, 0.6) is 0 Å². The maximum atomic E-state index is 11.8. The Kier molecular flexibility index (Phi) is 2.79. The topological polar surface area (TPSA) is 83.0 Å². The number of aliphatic hydroxyl groups excluding tert-OH is 1. The molecule has 1 atom stereocenters. The van der Waals surface area contributed by atoms with Crippen molar-refractivity contribution in [2.45, 2.75) is 31.1 Å². The highest BCUT2D eigenvalue weighted by Gasteiger charge is 2.31. The second-order valence-electron chi connectivity index (χ2n) is 3.83. The molecule has 2 N–H and O–H groups in total. The predicted molar refractivity (Wildman–Crippen MR) is 54.9 cm³/mol. The molecule has 1 aliphatic rings. The molecule has 1 unspecified atom stereocenters. The molecule has 5 nitrogen and oxygen atoms in total. The second kappa shape index (κ2) is 3.94. The van der Waals surface area contributed by atoms with Crippen molar-refractivity contribution in [3.8, 4) is 0 Å². The average molecular weight is 230 g/mol. The van der Waals surface area contributed by atoms with Crippen molar-refractivity contribution < 1.29 is 13.5 Å². The van der Waals surface area contributed by atoms with Gasteiger partial charge in [0.15, 0.2) is 9.84 Å². The summed E-state index contributed by atoms with van der Waals surface area (Å²) >= 11 is 0. The number of nitrogens with one attached hydrogen (secondary N) is 1. The number of hydrogen-bond acceptors (Lipinski definition) is 4. The minimum atomic E-state index is -3.04. The summed E-state index contributed by atoms with van der Waals surface area (Å²) in [4.78, 5) is 0. The highest BCUT2D eigenvalue weighted by Crippen LogP contribution is 2.32. The Morgan fingerprint density at radius 3 is 2.93 bits per heavy atom. The third kappa shape index (κ3) is 2.05. The Morgan fingerprint density at radius 1 is 1.53 bits per heavy atom. The van der Waals surface area contributed by atoms with Crippen LogP contribution in [0.4, 0.5) is 0 Å². The molecule has 6 heteroatoms. The largest absolute Gasteiger partial charge is 0.390 e. The molecule has 1 fully saturated rings. The van der Waals surface area contributed by atoms with Crippen LogP contribution in [0.25, 0.3) is 0 Å². The maximum Gasteiger partial charge on any atom is 0.158 e. The van der Waals surface area contributed by atoms with Gasteiger partial charge in [0.25, 0.3) is 0 Å². The molecule has 1 aromatic rings. The van der Waals surface area contributed by atoms with Crippen LogP contribution >= 0.6 is 0 Å². The number of aromatic amines is 1. The smallest absolute Gasteiger partial charge is 0.158 e. The van der Waals surface area contributed by atoms with Gasteiger partial charge in [-0.1, -0.05) is 6.42 Å². The lowest BCUT2D eigenvalue weighted by Crippen LogP contribution is -2.21. The Labute approximate surface area is 88.4 Å². The molecule has 0 spiro atoms. The molecule has 0 saturated carbocycles. The summed E-state index contributed by atoms with van der Waals surface area (Å²) in [7, 11) is -3.04. The van der Waals surface area contributed by atoms with Gasteiger partial charge < -0.3 is 5.11 Å². The van der Waals surface area contributed by atoms with E-state index < -0.39 is 15.1 Å². The zero-order chi connectivity index (χ0) is 10.9. The highest BCUT2D eigenvalue weighted by molar-refractivity contribution is 7.91. The molecule has 0 aliphatic carbocycles. The Bertz CT molecular complexity index is 438. The van der Waals surface area contributed by atoms with E-state index in [1.54, 1.807) is 6.07 Å². The van der Waals surface area contributed by atoms with Gasteiger partial charge >= 0.3 is 0 Å². The van der Waals surface area contributed by atoms with E-state index in [1.165, 1.54) is 0 Å². The number of nitrogens with zero attached hydrogens (tertiary/aromatic N) is 1. The van der Waals surface area contributed by atoms with E-state index in [2.05, 4.69) is 10.2 Å². The monoisotopic (exact) mass is 230 g/mol. The lowest BCUT2D eigenvalue weighted by Gasteiger charge is -2.20. The molecule has 1 saturated heterocycles. The second-order valence-corrected chi connectivity index (χ2v) is 6.13. The van der Waals surface area contributed by atoms with Gasteiger partial charge in [-0.2, -0.15) is 5.10 Å². The van der Waals surface area contributed by atoms with Crippen LogP contribution in [0.1, 0.15) is 35.9 Å². The van der Waals surface area contributed by atoms with Crippen LogP contribution in [0.15, 0.2) is 6.07 Å². The number of hydrogen-bond donors (Lipinski definition) is 2. The molecule has 1 aliphatic heterocycles. The Hall–Kier alpha value is -0.880. The zero-order valence-corrected chi connectivity index (χ0v) is 9.13. The molecule has 0 amide bonds. The Morgan fingerprint density at radius 2 is 2.33 bits per heavy atom. The SMILES string of the molecule is O=S1(=O)CCCCC1c1cc(CO)[nH]n1. The molecule has 84 valence electrons. The van der Waals surface area contributed by atoms with Gasteiger partial charge in [-0.25, -0.2) is 8.42 Å². The molecular formula is C9H14N2O3S. The van der Waals surface area contributed by atoms with Gasteiger partial charge in [-0.15, -0.1) is 0 Å². The van der Waals surface area contributed by atoms with Crippen molar-refractivity contribution in [2.24, 2.45) is 0 Å². The van der Waals surface area contributed by atoms with Crippen LogP contribution in [-0.4, -0.2) is 29.5 Å². The normalized spacial score (nSPS) is 25.3. The lowest BCUT2D eigenvalue weighted by atomic mass is 10.1. The van der Waals surface area contributed by atoms with E-state index in [1.807, 2.05) is 0 Å². The van der Waals surface area contributed by atoms with E-state index in [0.29, 0.717) is 17.8 Å². The van der Waals surface area contributed by atoms with Gasteiger partial charge in [0.05, 0.1) is 23.7 Å². The van der Waals surface area contributed by atoms with Crippen molar-refractivity contribution in [1.29, 1.82) is 0 Å². The summed E-state index contributed by atoms with van der Waals surface area (Å²) in [6.45, 7) is -0.139. The van der Waals surface area contributed by atoms with Gasteiger partial charge in [-0.3, -0.25) is 5.10 Å². The summed E-state index contributed by atoms with van der Waals surface area (Å²) in [6, 6.07) is 1.63. The van der Waals surface area contributed by atoms with Crippen molar-refractivity contribution >= 4 is 9.84 Å². The first-order valence-electron chi connectivity index (χ1n) is 5.00. The molecule has 2 rings (SSSR count).